The summed E-state index contributed by atoms with van der Waals surface area (Å²) in [5, 5.41) is 11.2. The van der Waals surface area contributed by atoms with E-state index in [9.17, 15) is 5.11 Å². The fourth-order valence-corrected chi connectivity index (χ4v) is 6.72. The minimum absolute atomic E-state index is 0.131. The Bertz CT molecular complexity index is 1850. The van der Waals surface area contributed by atoms with E-state index in [1.54, 1.807) is 6.07 Å². The van der Waals surface area contributed by atoms with Gasteiger partial charge in [-0.05, 0) is 105 Å². The quantitative estimate of drug-likeness (QED) is 0.242. The number of aryl methyl sites for hydroxylation is 3. The van der Waals surface area contributed by atoms with E-state index in [-0.39, 0.29) is 17.8 Å². The number of para-hydroxylation sites is 1. The average molecular weight is 554 g/mol. The monoisotopic (exact) mass is 553 g/mol. The van der Waals surface area contributed by atoms with Crippen molar-refractivity contribution in [3.63, 3.8) is 0 Å². The molecule has 5 heteroatoms. The maximum atomic E-state index is 10.3. The van der Waals surface area contributed by atoms with Crippen molar-refractivity contribution in [1.82, 2.24) is 4.98 Å². The van der Waals surface area contributed by atoms with Gasteiger partial charge in [0.2, 0.25) is 5.88 Å². The second kappa shape index (κ2) is 10.3. The van der Waals surface area contributed by atoms with Crippen LogP contribution in [-0.2, 0) is 6.42 Å². The number of aromatic nitrogens is 1. The van der Waals surface area contributed by atoms with Gasteiger partial charge >= 0.3 is 0 Å². The van der Waals surface area contributed by atoms with Crippen molar-refractivity contribution in [2.45, 2.75) is 59.0 Å². The normalized spacial score (nSPS) is 17.9. The summed E-state index contributed by atoms with van der Waals surface area (Å²) in [6.45, 7) is 8.90. The van der Waals surface area contributed by atoms with Crippen molar-refractivity contribution in [3.05, 3.63) is 124 Å². The third-order valence-electron chi connectivity index (χ3n) is 9.03. The summed E-state index contributed by atoms with van der Waals surface area (Å²) in [6, 6.07) is 28.8. The number of pyridine rings is 1. The number of amidine groups is 1. The number of benzene rings is 4. The molecule has 1 aliphatic carbocycles. The number of aliphatic imine (C=N–C) groups is 1. The van der Waals surface area contributed by atoms with Crippen LogP contribution in [0.25, 0.3) is 10.9 Å². The number of hydrogen-bond acceptors (Lipinski definition) is 5. The lowest BCUT2D eigenvalue weighted by atomic mass is 9.92. The van der Waals surface area contributed by atoms with Gasteiger partial charge in [-0.15, -0.1) is 0 Å². The number of fused-ring (bicyclic) bond motifs is 4. The van der Waals surface area contributed by atoms with Crippen LogP contribution in [0.15, 0.2) is 89.9 Å². The maximum Gasteiger partial charge on any atom is 0.219 e. The molecule has 0 bridgehead atoms. The highest BCUT2D eigenvalue weighted by Crippen LogP contribution is 2.46. The predicted molar refractivity (Wildman–Crippen MR) is 170 cm³/mol. The van der Waals surface area contributed by atoms with Crippen molar-refractivity contribution >= 4 is 22.4 Å². The Labute approximate surface area is 247 Å². The standard InChI is InChI=1S/C37H35N3O2/c1-22-20-23(2)25(4)35(24(22)3)40-36-30-15-6-5-10-26(30)11-8-16-31(36)38-37(40)28-13-7-14-29(21-28)42-33-19-18-27-12-9-17-32(41)34(27)39-33/h5-7,9-10,12-15,17-21,31,36,41H,8,11,16H2,1-4H3/t31-,36+/m0/s1. The summed E-state index contributed by atoms with van der Waals surface area (Å²) in [6.07, 6.45) is 3.25. The molecule has 0 fully saturated rings. The number of hydrogen-bond donors (Lipinski definition) is 1. The van der Waals surface area contributed by atoms with Crippen LogP contribution in [0, 0.1) is 27.7 Å². The third-order valence-corrected chi connectivity index (χ3v) is 9.03. The van der Waals surface area contributed by atoms with Gasteiger partial charge in [0.25, 0.3) is 0 Å². The Balaban J connectivity index is 1.35. The minimum Gasteiger partial charge on any atom is -0.506 e. The molecule has 5 nitrogen and oxygen atoms in total. The van der Waals surface area contributed by atoms with Gasteiger partial charge < -0.3 is 14.7 Å². The van der Waals surface area contributed by atoms with Gasteiger partial charge in [0.1, 0.15) is 22.9 Å². The van der Waals surface area contributed by atoms with Gasteiger partial charge in [-0.2, -0.15) is 0 Å². The zero-order valence-corrected chi connectivity index (χ0v) is 24.6. The Morgan fingerprint density at radius 3 is 2.45 bits per heavy atom. The first-order chi connectivity index (χ1) is 20.4. The molecule has 0 spiro atoms. The highest BCUT2D eigenvalue weighted by atomic mass is 16.5. The second-order valence-electron chi connectivity index (χ2n) is 11.7. The van der Waals surface area contributed by atoms with E-state index in [2.05, 4.69) is 80.0 Å². The molecule has 1 N–H and O–H groups in total. The highest BCUT2D eigenvalue weighted by Gasteiger charge is 2.42. The number of phenolic OH excluding ortho intramolecular Hbond substituents is 1. The van der Waals surface area contributed by atoms with E-state index in [1.165, 1.54) is 39.1 Å². The molecule has 0 unspecified atom stereocenters. The largest absolute Gasteiger partial charge is 0.506 e. The van der Waals surface area contributed by atoms with Gasteiger partial charge in [0.15, 0.2) is 0 Å². The van der Waals surface area contributed by atoms with Crippen molar-refractivity contribution in [2.24, 2.45) is 4.99 Å². The van der Waals surface area contributed by atoms with Crippen LogP contribution in [0.5, 0.6) is 17.4 Å². The summed E-state index contributed by atoms with van der Waals surface area (Å²) in [4.78, 5) is 12.6. The maximum absolute atomic E-state index is 10.3. The Morgan fingerprint density at radius 1 is 0.833 bits per heavy atom. The van der Waals surface area contributed by atoms with Crippen LogP contribution in [-0.4, -0.2) is 22.0 Å². The molecule has 0 saturated heterocycles. The number of anilines is 1. The summed E-state index contributed by atoms with van der Waals surface area (Å²) in [7, 11) is 0. The molecule has 1 aliphatic heterocycles. The van der Waals surface area contributed by atoms with Crippen LogP contribution >= 0.6 is 0 Å². The van der Waals surface area contributed by atoms with Crippen LogP contribution in [0.3, 0.4) is 0 Å². The van der Waals surface area contributed by atoms with Crippen molar-refractivity contribution in [1.29, 1.82) is 0 Å². The summed E-state index contributed by atoms with van der Waals surface area (Å²) >= 11 is 0. The molecule has 2 heterocycles. The van der Waals surface area contributed by atoms with Crippen LogP contribution in [0.1, 0.15) is 57.8 Å². The number of rotatable bonds is 4. The molecule has 0 radical (unpaired) electrons. The summed E-state index contributed by atoms with van der Waals surface area (Å²) in [5.74, 6) is 2.23. The van der Waals surface area contributed by atoms with Crippen LogP contribution in [0.2, 0.25) is 0 Å². The fraction of sp³-hybridized carbons (Fsp3) is 0.243. The topological polar surface area (TPSA) is 58.0 Å². The van der Waals surface area contributed by atoms with Gasteiger partial charge in [0, 0.05) is 22.7 Å². The number of nitrogens with zero attached hydrogens (tertiary/aromatic N) is 3. The van der Waals surface area contributed by atoms with E-state index >= 15 is 0 Å². The highest BCUT2D eigenvalue weighted by molar-refractivity contribution is 6.13. The van der Waals surface area contributed by atoms with Gasteiger partial charge in [-0.1, -0.05) is 54.6 Å². The first-order valence-electron chi connectivity index (χ1n) is 14.8. The van der Waals surface area contributed by atoms with Crippen molar-refractivity contribution in [3.8, 4) is 17.4 Å². The molecule has 42 heavy (non-hydrogen) atoms. The molecule has 2 aliphatic rings. The average Bonchev–Trinajstić information content (AvgIpc) is 3.25. The summed E-state index contributed by atoms with van der Waals surface area (Å²) < 4.78 is 6.27. The zero-order chi connectivity index (χ0) is 29.0. The van der Waals surface area contributed by atoms with Crippen molar-refractivity contribution in [2.75, 3.05) is 4.90 Å². The third kappa shape index (κ3) is 4.40. The van der Waals surface area contributed by atoms with Crippen LogP contribution < -0.4 is 9.64 Å². The predicted octanol–water partition coefficient (Wildman–Crippen LogP) is 8.68. The summed E-state index contributed by atoms with van der Waals surface area (Å²) in [5.41, 5.74) is 10.8. The molecule has 5 aromatic rings. The SMILES string of the molecule is Cc1cc(C)c(C)c(N2C(c3cccc(Oc4ccc5cccc(O)c5n4)c3)=N[C@H]3CCCc4ccccc4[C@H]32)c1C. The second-order valence-corrected chi connectivity index (χ2v) is 11.7. The van der Waals surface area contributed by atoms with Gasteiger partial charge in [-0.3, -0.25) is 4.99 Å². The zero-order valence-electron chi connectivity index (χ0n) is 24.6. The van der Waals surface area contributed by atoms with Crippen molar-refractivity contribution < 1.29 is 9.84 Å². The lowest BCUT2D eigenvalue weighted by Gasteiger charge is -2.34. The Hall–Kier alpha value is -4.64. The molecule has 4 aromatic carbocycles. The Kier molecular flexibility index (Phi) is 6.46. The first-order valence-corrected chi connectivity index (χ1v) is 14.8. The molecule has 0 amide bonds. The van der Waals surface area contributed by atoms with E-state index in [0.29, 0.717) is 17.1 Å². The molecule has 2 atom stereocenters. The van der Waals surface area contributed by atoms with E-state index in [4.69, 9.17) is 9.73 Å². The molecule has 1 aromatic heterocycles. The number of aromatic hydroxyl groups is 1. The van der Waals surface area contributed by atoms with Crippen LogP contribution in [0.4, 0.5) is 5.69 Å². The minimum atomic E-state index is 0.131. The first kappa shape index (κ1) is 26.3. The lowest BCUT2D eigenvalue weighted by Crippen LogP contribution is -2.35. The van der Waals surface area contributed by atoms with E-state index in [0.717, 1.165) is 36.0 Å². The van der Waals surface area contributed by atoms with E-state index < -0.39 is 0 Å². The molecule has 210 valence electrons. The lowest BCUT2D eigenvalue weighted by molar-refractivity contribution is 0.460. The number of ether oxygens (including phenoxy) is 1. The molecule has 0 saturated carbocycles. The van der Waals surface area contributed by atoms with Gasteiger partial charge in [-0.25, -0.2) is 4.98 Å². The molecule has 7 rings (SSSR count). The fourth-order valence-electron chi connectivity index (χ4n) is 6.72. The smallest absolute Gasteiger partial charge is 0.219 e. The number of phenols is 1. The molecular weight excluding hydrogens is 518 g/mol. The van der Waals surface area contributed by atoms with E-state index in [1.807, 2.05) is 36.4 Å². The Morgan fingerprint density at radius 2 is 1.62 bits per heavy atom. The molecular formula is C37H35N3O2. The van der Waals surface area contributed by atoms with Gasteiger partial charge in [0.05, 0.1) is 12.1 Å².